The van der Waals surface area contributed by atoms with Gasteiger partial charge >= 0.3 is 0 Å². The van der Waals surface area contributed by atoms with Crippen molar-refractivity contribution < 1.29 is 9.90 Å². The normalized spacial score (nSPS) is 26.6. The highest BCUT2D eigenvalue weighted by molar-refractivity contribution is 5.94. The van der Waals surface area contributed by atoms with Crippen molar-refractivity contribution in [2.24, 2.45) is 5.92 Å². The average molecular weight is 405 g/mol. The van der Waals surface area contributed by atoms with Crippen molar-refractivity contribution in [1.82, 2.24) is 9.80 Å². The van der Waals surface area contributed by atoms with E-state index in [1.165, 1.54) is 5.56 Å². The lowest BCUT2D eigenvalue weighted by molar-refractivity contribution is 0.0221. The van der Waals surface area contributed by atoms with Crippen LogP contribution in [-0.2, 0) is 5.41 Å². The maximum absolute atomic E-state index is 13.1. The van der Waals surface area contributed by atoms with Gasteiger partial charge < -0.3 is 10.0 Å². The largest absolute Gasteiger partial charge is 0.508 e. The molecular weight excluding hydrogens is 372 g/mol. The number of carbonyl (C=O) groups is 1. The maximum atomic E-state index is 13.1. The molecule has 1 aliphatic carbocycles. The van der Waals surface area contributed by atoms with Crippen LogP contribution in [0.25, 0.3) is 0 Å². The Kier molecular flexibility index (Phi) is 5.96. The summed E-state index contributed by atoms with van der Waals surface area (Å²) in [4.78, 5) is 17.5. The molecule has 4 rings (SSSR count). The van der Waals surface area contributed by atoms with Crippen molar-refractivity contribution in [2.45, 2.75) is 37.1 Å². The summed E-state index contributed by atoms with van der Waals surface area (Å²) in [6.45, 7) is 6.89. The second-order valence-corrected chi connectivity index (χ2v) is 8.92. The highest BCUT2D eigenvalue weighted by Gasteiger charge is 2.49. The van der Waals surface area contributed by atoms with Crippen LogP contribution < -0.4 is 0 Å². The van der Waals surface area contributed by atoms with Gasteiger partial charge in [0.15, 0.2) is 0 Å². The van der Waals surface area contributed by atoms with Crippen molar-refractivity contribution >= 4 is 5.91 Å². The van der Waals surface area contributed by atoms with Gasteiger partial charge in [-0.25, -0.2) is 0 Å². The van der Waals surface area contributed by atoms with Gasteiger partial charge in [-0.1, -0.05) is 36.4 Å². The standard InChI is InChI=1S/C26H32N2O2/c1-3-15-28-16-14-26(21-10-7-11-24(29)17-21)18-23(13-12-22(26)19-28)27(2)25(30)20-8-5-4-6-9-20/h3-11,17,22-23,29H,1,12-16,18-19H2,2H3/t22-,23-,26+/m1/s1. The number of amides is 1. The van der Waals surface area contributed by atoms with Gasteiger partial charge in [-0.15, -0.1) is 6.58 Å². The molecule has 1 aliphatic heterocycles. The number of aromatic hydroxyl groups is 1. The topological polar surface area (TPSA) is 43.8 Å². The van der Waals surface area contributed by atoms with Crippen molar-refractivity contribution in [3.05, 3.63) is 78.4 Å². The molecule has 2 aromatic rings. The van der Waals surface area contributed by atoms with Gasteiger partial charge in [0.05, 0.1) is 0 Å². The Morgan fingerprint density at radius 2 is 2.03 bits per heavy atom. The molecule has 1 heterocycles. The maximum Gasteiger partial charge on any atom is 0.253 e. The second-order valence-electron chi connectivity index (χ2n) is 8.92. The molecule has 1 N–H and O–H groups in total. The Morgan fingerprint density at radius 1 is 1.23 bits per heavy atom. The van der Waals surface area contributed by atoms with E-state index in [2.05, 4.69) is 17.5 Å². The van der Waals surface area contributed by atoms with Gasteiger partial charge in [0.25, 0.3) is 5.91 Å². The summed E-state index contributed by atoms with van der Waals surface area (Å²) in [6, 6.07) is 17.6. The van der Waals surface area contributed by atoms with Gasteiger partial charge in [-0.3, -0.25) is 9.69 Å². The molecule has 1 saturated heterocycles. The summed E-state index contributed by atoms with van der Waals surface area (Å²) >= 11 is 0. The van der Waals surface area contributed by atoms with Gasteiger partial charge in [-0.05, 0) is 68.0 Å². The fourth-order valence-corrected chi connectivity index (χ4v) is 5.63. The zero-order valence-corrected chi connectivity index (χ0v) is 17.8. The van der Waals surface area contributed by atoms with Crippen molar-refractivity contribution in [3.8, 4) is 5.75 Å². The number of likely N-dealkylation sites (tertiary alicyclic amines) is 1. The Hall–Kier alpha value is -2.59. The Morgan fingerprint density at radius 3 is 2.77 bits per heavy atom. The minimum atomic E-state index is -0.00937. The first kappa shape index (κ1) is 20.7. The van der Waals surface area contributed by atoms with Crippen LogP contribution in [0.4, 0.5) is 0 Å². The van der Waals surface area contributed by atoms with Crippen LogP contribution >= 0.6 is 0 Å². The third kappa shape index (κ3) is 3.89. The lowest BCUT2D eigenvalue weighted by Gasteiger charge is -2.54. The van der Waals surface area contributed by atoms with Crippen LogP contribution in [0.15, 0.2) is 67.3 Å². The molecule has 0 spiro atoms. The number of hydrogen-bond donors (Lipinski definition) is 1. The fourth-order valence-electron chi connectivity index (χ4n) is 5.63. The third-order valence-corrected chi connectivity index (χ3v) is 7.28. The predicted octanol–water partition coefficient (Wildman–Crippen LogP) is 4.46. The predicted molar refractivity (Wildman–Crippen MR) is 121 cm³/mol. The highest BCUT2D eigenvalue weighted by atomic mass is 16.3. The number of phenols is 1. The molecule has 3 atom stereocenters. The minimum absolute atomic E-state index is 0.00937. The molecule has 0 radical (unpaired) electrons. The molecule has 1 amide bonds. The molecule has 4 heteroatoms. The Balaban J connectivity index is 1.62. The van der Waals surface area contributed by atoms with Crippen molar-refractivity contribution in [3.63, 3.8) is 0 Å². The number of benzene rings is 2. The minimum Gasteiger partial charge on any atom is -0.508 e. The Labute approximate surface area is 179 Å². The number of rotatable bonds is 5. The van der Waals surface area contributed by atoms with Gasteiger partial charge in [0.1, 0.15) is 5.75 Å². The lowest BCUT2D eigenvalue weighted by Crippen LogP contribution is -2.56. The molecule has 158 valence electrons. The molecule has 30 heavy (non-hydrogen) atoms. The third-order valence-electron chi connectivity index (χ3n) is 7.28. The van der Waals surface area contributed by atoms with E-state index in [0.717, 1.165) is 50.9 Å². The van der Waals surface area contributed by atoms with Crippen LogP contribution in [0.1, 0.15) is 41.6 Å². The van der Waals surface area contributed by atoms with E-state index in [1.807, 2.05) is 60.5 Å². The Bertz CT molecular complexity index is 897. The second kappa shape index (κ2) is 8.65. The number of hydrogen-bond acceptors (Lipinski definition) is 3. The highest BCUT2D eigenvalue weighted by Crippen LogP contribution is 2.50. The molecule has 2 aromatic carbocycles. The molecule has 1 saturated carbocycles. The molecule has 0 unspecified atom stereocenters. The van der Waals surface area contributed by atoms with Gasteiger partial charge in [0.2, 0.25) is 0 Å². The molecule has 0 bridgehead atoms. The van der Waals surface area contributed by atoms with E-state index < -0.39 is 0 Å². The first-order valence-electron chi connectivity index (χ1n) is 11.0. The van der Waals surface area contributed by atoms with E-state index >= 15 is 0 Å². The zero-order chi connectivity index (χ0) is 21.1. The van der Waals surface area contributed by atoms with Crippen LogP contribution in [0, 0.1) is 5.92 Å². The van der Waals surface area contributed by atoms with Crippen LogP contribution in [0.3, 0.4) is 0 Å². The smallest absolute Gasteiger partial charge is 0.253 e. The van der Waals surface area contributed by atoms with Crippen LogP contribution in [-0.4, -0.2) is 53.5 Å². The summed E-state index contributed by atoms with van der Waals surface area (Å²) in [6.07, 6.45) is 6.07. The summed E-state index contributed by atoms with van der Waals surface area (Å²) in [5.41, 5.74) is 1.95. The molecule has 2 fully saturated rings. The summed E-state index contributed by atoms with van der Waals surface area (Å²) < 4.78 is 0. The van der Waals surface area contributed by atoms with Crippen molar-refractivity contribution in [2.75, 3.05) is 26.7 Å². The lowest BCUT2D eigenvalue weighted by atomic mass is 9.57. The number of nitrogens with zero attached hydrogens (tertiary/aromatic N) is 2. The molecule has 4 nitrogen and oxygen atoms in total. The number of piperidine rings is 1. The van der Waals surface area contributed by atoms with E-state index in [4.69, 9.17) is 0 Å². The zero-order valence-electron chi connectivity index (χ0n) is 17.8. The van der Waals surface area contributed by atoms with E-state index in [9.17, 15) is 9.90 Å². The first-order chi connectivity index (χ1) is 14.5. The molecule has 2 aliphatic rings. The molecular formula is C26H32N2O2. The summed E-state index contributed by atoms with van der Waals surface area (Å²) in [7, 11) is 1.95. The first-order valence-corrected chi connectivity index (χ1v) is 11.0. The van der Waals surface area contributed by atoms with Gasteiger partial charge in [-0.2, -0.15) is 0 Å². The van der Waals surface area contributed by atoms with Crippen LogP contribution in [0.2, 0.25) is 0 Å². The van der Waals surface area contributed by atoms with E-state index in [-0.39, 0.29) is 17.4 Å². The van der Waals surface area contributed by atoms with Crippen LogP contribution in [0.5, 0.6) is 5.75 Å². The molecule has 0 aromatic heterocycles. The summed E-state index contributed by atoms with van der Waals surface area (Å²) in [5.74, 6) is 0.934. The fraction of sp³-hybridized carbons (Fsp3) is 0.423. The number of phenolic OH excluding ortho intramolecular Hbond substituents is 1. The van der Waals surface area contributed by atoms with E-state index in [0.29, 0.717) is 11.7 Å². The SMILES string of the molecule is C=CCN1CC[C@@]2(c3cccc(O)c3)C[C@H](N(C)C(=O)c3ccccc3)CC[C@@H]2C1. The monoisotopic (exact) mass is 404 g/mol. The summed E-state index contributed by atoms with van der Waals surface area (Å²) in [5, 5.41) is 10.2. The number of carbonyl (C=O) groups excluding carboxylic acids is 1. The van der Waals surface area contributed by atoms with Gasteiger partial charge in [0, 0.05) is 37.2 Å². The number of fused-ring (bicyclic) bond motifs is 1. The average Bonchev–Trinajstić information content (AvgIpc) is 2.78. The van der Waals surface area contributed by atoms with Crippen molar-refractivity contribution in [1.29, 1.82) is 0 Å². The van der Waals surface area contributed by atoms with E-state index in [1.54, 1.807) is 6.07 Å². The quantitative estimate of drug-likeness (QED) is 0.748.